The van der Waals surface area contributed by atoms with Gasteiger partial charge in [-0.3, -0.25) is 14.6 Å². The van der Waals surface area contributed by atoms with Gasteiger partial charge in [-0.25, -0.2) is 0 Å². The number of carboxylic acid groups (broad SMARTS) is 1. The fraction of sp³-hybridized carbons (Fsp3) is 0.417. The normalized spacial score (nSPS) is 11.8. The highest BCUT2D eigenvalue weighted by Crippen LogP contribution is 2.00. The molecule has 17 heavy (non-hydrogen) atoms. The van der Waals surface area contributed by atoms with Gasteiger partial charge in [-0.05, 0) is 18.6 Å². The molecule has 1 heterocycles. The van der Waals surface area contributed by atoms with Crippen molar-refractivity contribution in [3.8, 4) is 0 Å². The first-order chi connectivity index (χ1) is 8.09. The highest BCUT2D eigenvalue weighted by Gasteiger charge is 2.11. The summed E-state index contributed by atoms with van der Waals surface area (Å²) in [5.41, 5.74) is 0.705. The number of pyridine rings is 1. The van der Waals surface area contributed by atoms with Crippen LogP contribution >= 0.6 is 0 Å². The van der Waals surface area contributed by atoms with Gasteiger partial charge in [0, 0.05) is 18.4 Å². The third kappa shape index (κ3) is 5.10. The molecule has 1 amide bonds. The summed E-state index contributed by atoms with van der Waals surface area (Å²) in [4.78, 5) is 26.0. The van der Waals surface area contributed by atoms with E-state index in [4.69, 9.17) is 5.11 Å². The number of carbonyl (C=O) groups is 2. The van der Waals surface area contributed by atoms with Crippen LogP contribution in [0.5, 0.6) is 0 Å². The molecule has 0 aliphatic carbocycles. The van der Waals surface area contributed by atoms with Gasteiger partial charge in [0.15, 0.2) is 0 Å². The molecule has 0 fully saturated rings. The Morgan fingerprint density at radius 1 is 1.47 bits per heavy atom. The lowest BCUT2D eigenvalue weighted by atomic mass is 10.1. The van der Waals surface area contributed by atoms with Crippen LogP contribution in [0.2, 0.25) is 0 Å². The molecule has 0 spiro atoms. The van der Waals surface area contributed by atoms with Crippen LogP contribution in [-0.2, 0) is 16.0 Å². The van der Waals surface area contributed by atoms with E-state index in [2.05, 4.69) is 10.3 Å². The highest BCUT2D eigenvalue weighted by atomic mass is 16.4. The zero-order valence-corrected chi connectivity index (χ0v) is 9.72. The summed E-state index contributed by atoms with van der Waals surface area (Å²) in [6.07, 6.45) is 2.29. The topological polar surface area (TPSA) is 79.3 Å². The van der Waals surface area contributed by atoms with E-state index in [0.29, 0.717) is 18.7 Å². The Morgan fingerprint density at radius 2 is 2.24 bits per heavy atom. The molecular weight excluding hydrogens is 220 g/mol. The molecule has 92 valence electrons. The third-order valence-electron chi connectivity index (χ3n) is 2.39. The number of aromatic nitrogens is 1. The van der Waals surface area contributed by atoms with Crippen LogP contribution in [0.1, 0.15) is 19.0 Å². The number of carboxylic acids is 1. The number of rotatable bonds is 6. The minimum atomic E-state index is -0.844. The van der Waals surface area contributed by atoms with Crippen molar-refractivity contribution in [2.24, 2.45) is 5.92 Å². The van der Waals surface area contributed by atoms with Crippen molar-refractivity contribution in [1.82, 2.24) is 10.3 Å². The van der Waals surface area contributed by atoms with Crippen molar-refractivity contribution in [1.29, 1.82) is 0 Å². The molecule has 1 unspecified atom stereocenters. The predicted molar refractivity (Wildman–Crippen MR) is 62.4 cm³/mol. The summed E-state index contributed by atoms with van der Waals surface area (Å²) in [6.45, 7) is 1.99. The lowest BCUT2D eigenvalue weighted by Gasteiger charge is -2.07. The van der Waals surface area contributed by atoms with Gasteiger partial charge in [0.2, 0.25) is 5.91 Å². The molecule has 1 rings (SSSR count). The molecule has 0 aromatic carbocycles. The van der Waals surface area contributed by atoms with Crippen LogP contribution in [0.25, 0.3) is 0 Å². The Kier molecular flexibility index (Phi) is 5.13. The van der Waals surface area contributed by atoms with Crippen LogP contribution in [0.4, 0.5) is 0 Å². The molecule has 1 atom stereocenters. The maximum absolute atomic E-state index is 11.5. The number of nitrogens with zero attached hydrogens (tertiary/aromatic N) is 1. The number of carbonyl (C=O) groups excluding carboxylic acids is 1. The quantitative estimate of drug-likeness (QED) is 0.767. The Hall–Kier alpha value is -1.91. The van der Waals surface area contributed by atoms with Crippen molar-refractivity contribution >= 4 is 11.9 Å². The molecule has 0 saturated heterocycles. The van der Waals surface area contributed by atoms with Gasteiger partial charge in [-0.1, -0.05) is 13.0 Å². The average Bonchev–Trinajstić information content (AvgIpc) is 2.30. The molecule has 0 aliphatic rings. The molecule has 1 aromatic heterocycles. The maximum Gasteiger partial charge on any atom is 0.306 e. The van der Waals surface area contributed by atoms with Gasteiger partial charge in [-0.2, -0.15) is 0 Å². The second-order valence-corrected chi connectivity index (χ2v) is 3.88. The SMILES string of the molecule is CC(CCNC(=O)Cc1ccccn1)C(=O)O. The van der Waals surface area contributed by atoms with Crippen LogP contribution in [0.15, 0.2) is 24.4 Å². The fourth-order valence-electron chi connectivity index (χ4n) is 1.28. The van der Waals surface area contributed by atoms with Crippen LogP contribution in [0, 0.1) is 5.92 Å². The van der Waals surface area contributed by atoms with Gasteiger partial charge in [0.05, 0.1) is 12.3 Å². The van der Waals surface area contributed by atoms with Gasteiger partial charge in [-0.15, -0.1) is 0 Å². The number of hydrogen-bond donors (Lipinski definition) is 2. The van der Waals surface area contributed by atoms with E-state index in [1.807, 2.05) is 6.07 Å². The molecule has 1 aromatic rings. The smallest absolute Gasteiger partial charge is 0.306 e. The predicted octanol–water partition coefficient (Wildman–Crippen LogP) is 0.851. The summed E-state index contributed by atoms with van der Waals surface area (Å²) in [6, 6.07) is 5.39. The summed E-state index contributed by atoms with van der Waals surface area (Å²) in [5.74, 6) is -1.42. The average molecular weight is 236 g/mol. The molecule has 0 radical (unpaired) electrons. The number of amides is 1. The largest absolute Gasteiger partial charge is 0.481 e. The van der Waals surface area contributed by atoms with E-state index >= 15 is 0 Å². The minimum absolute atomic E-state index is 0.138. The van der Waals surface area contributed by atoms with E-state index < -0.39 is 11.9 Å². The Balaban J connectivity index is 2.25. The molecular formula is C12H16N2O3. The first-order valence-corrected chi connectivity index (χ1v) is 5.49. The van der Waals surface area contributed by atoms with Gasteiger partial charge in [0.25, 0.3) is 0 Å². The van der Waals surface area contributed by atoms with E-state index in [-0.39, 0.29) is 12.3 Å². The molecule has 5 heteroatoms. The number of hydrogen-bond acceptors (Lipinski definition) is 3. The van der Waals surface area contributed by atoms with Crippen molar-refractivity contribution in [3.63, 3.8) is 0 Å². The standard InChI is InChI=1S/C12H16N2O3/c1-9(12(16)17)5-7-14-11(15)8-10-4-2-3-6-13-10/h2-4,6,9H,5,7-8H2,1H3,(H,14,15)(H,16,17). The minimum Gasteiger partial charge on any atom is -0.481 e. The Labute approximate surface area is 99.9 Å². The Bertz CT molecular complexity index is 379. The van der Waals surface area contributed by atoms with Crippen LogP contribution < -0.4 is 5.32 Å². The zero-order chi connectivity index (χ0) is 12.7. The first kappa shape index (κ1) is 13.2. The van der Waals surface area contributed by atoms with Crippen molar-refractivity contribution in [3.05, 3.63) is 30.1 Å². The molecule has 5 nitrogen and oxygen atoms in total. The van der Waals surface area contributed by atoms with E-state index in [1.165, 1.54) is 0 Å². The summed E-state index contributed by atoms with van der Waals surface area (Å²) >= 11 is 0. The van der Waals surface area contributed by atoms with Crippen molar-refractivity contribution < 1.29 is 14.7 Å². The molecule has 0 saturated carbocycles. The zero-order valence-electron chi connectivity index (χ0n) is 9.72. The van der Waals surface area contributed by atoms with E-state index in [9.17, 15) is 9.59 Å². The second-order valence-electron chi connectivity index (χ2n) is 3.88. The monoisotopic (exact) mass is 236 g/mol. The maximum atomic E-state index is 11.5. The van der Waals surface area contributed by atoms with Gasteiger partial charge in [0.1, 0.15) is 0 Å². The summed E-state index contributed by atoms with van der Waals surface area (Å²) in [5, 5.41) is 11.3. The lowest BCUT2D eigenvalue weighted by Crippen LogP contribution is -2.28. The second kappa shape index (κ2) is 6.62. The third-order valence-corrected chi connectivity index (χ3v) is 2.39. The summed E-state index contributed by atoms with van der Waals surface area (Å²) < 4.78 is 0. The summed E-state index contributed by atoms with van der Waals surface area (Å²) in [7, 11) is 0. The van der Waals surface area contributed by atoms with Gasteiger partial charge < -0.3 is 10.4 Å². The van der Waals surface area contributed by atoms with Gasteiger partial charge >= 0.3 is 5.97 Å². The van der Waals surface area contributed by atoms with Crippen LogP contribution in [0.3, 0.4) is 0 Å². The highest BCUT2D eigenvalue weighted by molar-refractivity contribution is 5.78. The molecule has 0 bridgehead atoms. The number of aliphatic carboxylic acids is 1. The van der Waals surface area contributed by atoms with E-state index in [1.54, 1.807) is 25.3 Å². The fourth-order valence-corrected chi connectivity index (χ4v) is 1.28. The van der Waals surface area contributed by atoms with Crippen LogP contribution in [-0.4, -0.2) is 28.5 Å². The van der Waals surface area contributed by atoms with Crippen molar-refractivity contribution in [2.45, 2.75) is 19.8 Å². The van der Waals surface area contributed by atoms with Crippen molar-refractivity contribution in [2.75, 3.05) is 6.54 Å². The molecule has 0 aliphatic heterocycles. The molecule has 2 N–H and O–H groups in total. The first-order valence-electron chi connectivity index (χ1n) is 5.49. The lowest BCUT2D eigenvalue weighted by molar-refractivity contribution is -0.141. The number of nitrogens with one attached hydrogen (secondary N) is 1. The van der Waals surface area contributed by atoms with E-state index in [0.717, 1.165) is 0 Å². The Morgan fingerprint density at radius 3 is 2.82 bits per heavy atom.